The maximum Gasteiger partial charge on any atom is 0.362 e. The first kappa shape index (κ1) is 67.6. The quantitative estimate of drug-likeness (QED) is 0.0133. The fraction of sp³-hybridized carbons (Fsp3) is 0.979. The van der Waals surface area contributed by atoms with Gasteiger partial charge in [0.2, 0.25) is 0 Å². The fourth-order valence-electron chi connectivity index (χ4n) is 10.7. The molecule has 0 saturated carbocycles. The largest absolute Gasteiger partial charge is 0.457 e. The van der Waals surface area contributed by atoms with E-state index in [9.17, 15) is 81.5 Å². The molecule has 5 saturated heterocycles. The average Bonchev–Trinajstić information content (AvgIpc) is 3.45. The van der Waals surface area contributed by atoms with Crippen molar-refractivity contribution in [1.82, 2.24) is 0 Å². The Labute approximate surface area is 452 Å². The minimum absolute atomic E-state index is 0.0511. The van der Waals surface area contributed by atoms with Crippen molar-refractivity contribution in [1.29, 1.82) is 0 Å². The number of hydrogen-bond donors (Lipinski definition) is 15. The van der Waals surface area contributed by atoms with Crippen LogP contribution in [0.2, 0.25) is 0 Å². The molecule has 78 heavy (non-hydrogen) atoms. The van der Waals surface area contributed by atoms with Crippen LogP contribution in [0.1, 0.15) is 27.2 Å². The molecule has 0 spiro atoms. The highest BCUT2D eigenvalue weighted by Gasteiger charge is 2.52. The summed E-state index contributed by atoms with van der Waals surface area (Å²) in [4.78, 5) is 12.0. The lowest BCUT2D eigenvalue weighted by Gasteiger charge is -2.48. The van der Waals surface area contributed by atoms with E-state index in [-0.39, 0.29) is 33.0 Å². The monoisotopic (exact) mass is 1160 g/mol. The third kappa shape index (κ3) is 17.4. The van der Waals surface area contributed by atoms with Gasteiger partial charge in [-0.05, 0) is 13.3 Å². The first-order chi connectivity index (χ1) is 37.3. The van der Waals surface area contributed by atoms with Gasteiger partial charge in [-0.3, -0.25) is 4.79 Å². The number of methoxy groups -OCH3 is 1. The molecule has 0 aromatic carbocycles. The molecule has 27 atom stereocenters. The maximum atomic E-state index is 12.0. The van der Waals surface area contributed by atoms with Gasteiger partial charge in [-0.1, -0.05) is 6.92 Å². The van der Waals surface area contributed by atoms with Crippen LogP contribution in [0.25, 0.3) is 0 Å². The van der Waals surface area contributed by atoms with Crippen LogP contribution in [-0.4, -0.2) is 317 Å². The van der Waals surface area contributed by atoms with Gasteiger partial charge in [-0.2, -0.15) is 4.67 Å². The number of esters is 1. The van der Waals surface area contributed by atoms with Gasteiger partial charge in [-0.15, -0.1) is 0 Å². The molecular formula is C47H85O30P. The molecule has 0 radical (unpaired) electrons. The summed E-state index contributed by atoms with van der Waals surface area (Å²) in [5.41, 5.74) is 0. The number of carbonyl (C=O) groups is 1. The Hall–Kier alpha value is -1.22. The molecule has 0 aromatic rings. The fourth-order valence-corrected chi connectivity index (χ4v) is 11.5. The SMILES string of the molecule is CCC1C(CO)OC(COCC2C(CO)OC(COCC3C(CO)OC(COCC4C(O)C(C)OC(COC)C4O)C(O)C3O)C(OCC3OC(CO)C(O)C(OC(C)=O)C3O)C2COP(OO)OCC(O)CO)C(O)C1O. The van der Waals surface area contributed by atoms with E-state index in [1.54, 1.807) is 13.8 Å². The van der Waals surface area contributed by atoms with Gasteiger partial charge in [0.05, 0.1) is 154 Å². The Morgan fingerprint density at radius 1 is 0.500 bits per heavy atom. The predicted octanol–water partition coefficient (Wildman–Crippen LogP) is -6.69. The van der Waals surface area contributed by atoms with Crippen LogP contribution in [0, 0.1) is 29.6 Å². The second-order valence-electron chi connectivity index (χ2n) is 20.3. The van der Waals surface area contributed by atoms with Crippen LogP contribution in [-0.2, 0) is 70.6 Å². The zero-order valence-electron chi connectivity index (χ0n) is 44.1. The first-order valence-electron chi connectivity index (χ1n) is 26.1. The zero-order chi connectivity index (χ0) is 57.4. The van der Waals surface area contributed by atoms with Crippen LogP contribution in [0.5, 0.6) is 0 Å². The predicted molar refractivity (Wildman–Crippen MR) is 258 cm³/mol. The molecule has 458 valence electrons. The van der Waals surface area contributed by atoms with Crippen molar-refractivity contribution in [3.63, 3.8) is 0 Å². The number of aliphatic hydroxyl groups is 14. The van der Waals surface area contributed by atoms with Gasteiger partial charge in [0.15, 0.2) is 6.10 Å². The summed E-state index contributed by atoms with van der Waals surface area (Å²) >= 11 is 0. The van der Waals surface area contributed by atoms with Gasteiger partial charge in [0.1, 0.15) is 67.1 Å². The molecule has 30 nitrogen and oxygen atoms in total. The summed E-state index contributed by atoms with van der Waals surface area (Å²) in [7, 11) is -1.27. The zero-order valence-corrected chi connectivity index (χ0v) is 45.0. The van der Waals surface area contributed by atoms with Crippen LogP contribution < -0.4 is 0 Å². The summed E-state index contributed by atoms with van der Waals surface area (Å²) in [6.45, 7) is -2.63. The minimum Gasteiger partial charge on any atom is -0.457 e. The first-order valence-corrected chi connectivity index (χ1v) is 27.2. The molecule has 5 aliphatic heterocycles. The Bertz CT molecular complexity index is 1680. The van der Waals surface area contributed by atoms with Crippen molar-refractivity contribution in [2.45, 2.75) is 155 Å². The Morgan fingerprint density at radius 2 is 0.987 bits per heavy atom. The van der Waals surface area contributed by atoms with E-state index in [1.165, 1.54) is 7.11 Å². The summed E-state index contributed by atoms with van der Waals surface area (Å²) in [5, 5.41) is 159. The highest BCUT2D eigenvalue weighted by molar-refractivity contribution is 7.41. The van der Waals surface area contributed by atoms with Crippen LogP contribution in [0.15, 0.2) is 0 Å². The molecule has 31 heteroatoms. The molecule has 5 rings (SSSR count). The highest BCUT2D eigenvalue weighted by atomic mass is 31.2. The van der Waals surface area contributed by atoms with E-state index >= 15 is 0 Å². The lowest BCUT2D eigenvalue weighted by Crippen LogP contribution is -2.62. The Balaban J connectivity index is 1.38. The number of hydrogen-bond acceptors (Lipinski definition) is 30. The van der Waals surface area contributed by atoms with Gasteiger partial charge < -0.3 is 133 Å². The molecule has 5 aliphatic rings. The Morgan fingerprint density at radius 3 is 1.54 bits per heavy atom. The van der Waals surface area contributed by atoms with Crippen molar-refractivity contribution < 1.29 is 147 Å². The maximum absolute atomic E-state index is 12.0. The second kappa shape index (κ2) is 33.3. The lowest BCUT2D eigenvalue weighted by atomic mass is 9.79. The van der Waals surface area contributed by atoms with Gasteiger partial charge in [-0.25, -0.2) is 5.26 Å². The number of rotatable bonds is 31. The third-order valence-electron chi connectivity index (χ3n) is 15.1. The van der Waals surface area contributed by atoms with Crippen LogP contribution >= 0.6 is 8.60 Å². The van der Waals surface area contributed by atoms with E-state index in [0.29, 0.717) is 6.42 Å². The van der Waals surface area contributed by atoms with E-state index in [2.05, 4.69) is 4.67 Å². The van der Waals surface area contributed by atoms with Gasteiger partial charge in [0, 0.05) is 43.6 Å². The number of aliphatic hydroxyl groups excluding tert-OH is 14. The van der Waals surface area contributed by atoms with E-state index in [4.69, 9.17) is 61.2 Å². The second-order valence-corrected chi connectivity index (χ2v) is 21.4. The standard InChI is InChI=1S/C47H85O30P/c1-5-24-29(7-49)73-34(42(59)40(24)57)17-65-12-25-26(15-70-78(77-63)69-11-23(54)6-48)46(68-20-36-45(62)47(72-22(3)53)44(61)32(10-52)76-36)37(75-30(25)8-50)19-66-13-27-31(9-51)74-35(43(60)41(27)58)18-67-14-28-38(55)21(2)71-33(16-64-4)39(28)56/h21,23-52,54-63H,5-20H2,1-4H3. The number of ether oxygens (including phenoxy) is 11. The summed E-state index contributed by atoms with van der Waals surface area (Å²) in [6.07, 6.45) is -26.6. The topological polar surface area (TPSA) is 450 Å². The average molecular weight is 1160 g/mol. The summed E-state index contributed by atoms with van der Waals surface area (Å²) in [5.74, 6) is -5.45. The molecule has 0 amide bonds. The van der Waals surface area contributed by atoms with Gasteiger partial charge >= 0.3 is 14.6 Å². The van der Waals surface area contributed by atoms with Crippen molar-refractivity contribution in [2.75, 3.05) is 106 Å². The molecule has 0 aliphatic carbocycles. The molecule has 27 unspecified atom stereocenters. The minimum atomic E-state index is -2.70. The lowest BCUT2D eigenvalue weighted by molar-refractivity contribution is -0.270. The summed E-state index contributed by atoms with van der Waals surface area (Å²) in [6, 6.07) is 0. The van der Waals surface area contributed by atoms with Crippen LogP contribution in [0.4, 0.5) is 0 Å². The number of carbonyl (C=O) groups excluding carboxylic acids is 1. The molecular weight excluding hydrogens is 1080 g/mol. The Kier molecular flexibility index (Phi) is 28.9. The molecule has 5 fully saturated rings. The van der Waals surface area contributed by atoms with E-state index in [1.807, 2.05) is 0 Å². The van der Waals surface area contributed by atoms with E-state index in [0.717, 1.165) is 6.92 Å². The molecule has 5 heterocycles. The van der Waals surface area contributed by atoms with Crippen molar-refractivity contribution in [2.24, 2.45) is 29.6 Å². The van der Waals surface area contributed by atoms with E-state index < -0.39 is 238 Å². The normalized spacial score (nSPS) is 42.3. The van der Waals surface area contributed by atoms with Crippen molar-refractivity contribution in [3.8, 4) is 0 Å². The van der Waals surface area contributed by atoms with Crippen molar-refractivity contribution in [3.05, 3.63) is 0 Å². The summed E-state index contributed by atoms with van der Waals surface area (Å²) < 4.78 is 80.3. The van der Waals surface area contributed by atoms with Gasteiger partial charge in [0.25, 0.3) is 0 Å². The van der Waals surface area contributed by atoms with Crippen LogP contribution in [0.3, 0.4) is 0 Å². The highest BCUT2D eigenvalue weighted by Crippen LogP contribution is 2.43. The molecule has 0 bridgehead atoms. The molecule has 0 aromatic heterocycles. The molecule has 15 N–H and O–H groups in total. The smallest absolute Gasteiger partial charge is 0.362 e. The third-order valence-corrected chi connectivity index (χ3v) is 16.0. The van der Waals surface area contributed by atoms with Crippen molar-refractivity contribution >= 4 is 14.6 Å².